The van der Waals surface area contributed by atoms with Crippen molar-refractivity contribution in [2.24, 2.45) is 0 Å². The molecule has 4 atom stereocenters. The Morgan fingerprint density at radius 3 is 2.81 bits per heavy atom. The summed E-state index contributed by atoms with van der Waals surface area (Å²) >= 11 is 2.31. The maximum Gasteiger partial charge on any atom is 0.352 e. The van der Waals surface area contributed by atoms with Crippen LogP contribution in [0.5, 0.6) is 0 Å². The third-order valence-electron chi connectivity index (χ3n) is 4.37. The van der Waals surface area contributed by atoms with Crippen LogP contribution in [-0.4, -0.2) is 92.7 Å². The van der Waals surface area contributed by atoms with Gasteiger partial charge in [0, 0.05) is 11.0 Å². The number of carboxylic acid groups (broad SMARTS) is 1. The number of hydrogen-bond acceptors (Lipinski definition) is 9. The molecule has 1 fully saturated rings. The monoisotopic (exact) mass is 500 g/mol. The predicted octanol–water partition coefficient (Wildman–Crippen LogP) is -0.270. The molecule has 2 amide bonds. The van der Waals surface area contributed by atoms with Gasteiger partial charge < -0.3 is 10.4 Å². The molecule has 17 heteroatoms. The van der Waals surface area contributed by atoms with Gasteiger partial charge in [0.15, 0.2) is 6.67 Å². The number of carbonyl (C=O) groups is 3. The number of alkyl halides is 3. The summed E-state index contributed by atoms with van der Waals surface area (Å²) < 4.78 is 49.7. The molecule has 1 aromatic heterocycles. The Bertz CT molecular complexity index is 946. The fourth-order valence-corrected chi connectivity index (χ4v) is 5.95. The number of hydrogen-bond donors (Lipinski definition) is 3. The van der Waals surface area contributed by atoms with Crippen molar-refractivity contribution in [2.45, 2.75) is 34.0 Å². The van der Waals surface area contributed by atoms with Gasteiger partial charge in [0.1, 0.15) is 33.7 Å². The van der Waals surface area contributed by atoms with E-state index in [1.807, 2.05) is 0 Å². The Balaban J connectivity index is 1.71. The lowest BCUT2D eigenvalue weighted by Crippen LogP contribution is -2.71. The lowest BCUT2D eigenvalue weighted by atomic mass is 10.0. The maximum atomic E-state index is 13.1. The van der Waals surface area contributed by atoms with E-state index in [2.05, 4.69) is 25.9 Å². The molecule has 3 heterocycles. The molecule has 3 rings (SSSR count). The second-order valence-electron chi connectivity index (χ2n) is 6.35. The van der Waals surface area contributed by atoms with E-state index in [9.17, 15) is 36.9 Å². The van der Waals surface area contributed by atoms with Gasteiger partial charge in [-0.25, -0.2) is 9.18 Å². The maximum absolute atomic E-state index is 13.1. The molecule has 0 spiro atoms. The van der Waals surface area contributed by atoms with Crippen LogP contribution in [0.25, 0.3) is 0 Å². The summed E-state index contributed by atoms with van der Waals surface area (Å²) in [5.41, 5.74) is 0.195. The van der Waals surface area contributed by atoms with Crippen LogP contribution in [0.4, 0.5) is 13.2 Å². The molecule has 0 aliphatic carbocycles. The van der Waals surface area contributed by atoms with Gasteiger partial charge in [0.2, 0.25) is 11.1 Å². The summed E-state index contributed by atoms with van der Waals surface area (Å²) in [5, 5.41) is 20.0. The lowest BCUT2D eigenvalue weighted by molar-refractivity contribution is -0.150. The number of carboxylic acids is 1. The first-order valence-corrected chi connectivity index (χ1v) is 11.7. The van der Waals surface area contributed by atoms with Crippen molar-refractivity contribution in [3.63, 3.8) is 0 Å². The molecule has 0 saturated carbocycles. The van der Waals surface area contributed by atoms with E-state index in [1.165, 1.54) is 11.8 Å². The summed E-state index contributed by atoms with van der Waals surface area (Å²) in [6.45, 7) is -0.471. The Morgan fingerprint density at radius 1 is 1.52 bits per heavy atom. The number of carbonyl (C=O) groups excluding carboxylic acids is 2. The Labute approximate surface area is 183 Å². The fraction of sp³-hybridized carbons (Fsp3) is 0.571. The number of nitrogens with zero attached hydrogens (tertiary/aromatic N) is 4. The van der Waals surface area contributed by atoms with E-state index >= 15 is 0 Å². The van der Waals surface area contributed by atoms with Gasteiger partial charge in [-0.05, 0) is 17.7 Å². The van der Waals surface area contributed by atoms with E-state index < -0.39 is 62.9 Å². The van der Waals surface area contributed by atoms with Gasteiger partial charge in [0.25, 0.3) is 5.91 Å². The summed E-state index contributed by atoms with van der Waals surface area (Å²) in [6, 6.07) is -1.18. The number of aromatic nitrogens is 4. The smallest absolute Gasteiger partial charge is 0.352 e. The number of tetrazole rings is 1. The molecular weight excluding hydrogens is 485 g/mol. The van der Waals surface area contributed by atoms with Crippen molar-refractivity contribution in [1.29, 1.82) is 0 Å². The van der Waals surface area contributed by atoms with Gasteiger partial charge in [-0.3, -0.25) is 18.7 Å². The second-order valence-corrected chi connectivity index (χ2v) is 10.3. The zero-order valence-electron chi connectivity index (χ0n) is 15.6. The molecule has 1 aromatic rings. The first kappa shape index (κ1) is 23.5. The van der Waals surface area contributed by atoms with Gasteiger partial charge in [0.05, 0.1) is 0 Å². The molecule has 31 heavy (non-hydrogen) atoms. The second kappa shape index (κ2) is 9.15. The minimum atomic E-state index is -4.17. The zero-order valence-corrected chi connectivity index (χ0v) is 18.0. The van der Waals surface area contributed by atoms with Crippen LogP contribution in [0.1, 0.15) is 6.92 Å². The lowest BCUT2D eigenvalue weighted by Gasteiger charge is -2.50. The molecule has 3 unspecified atom stereocenters. The zero-order chi connectivity index (χ0) is 22.9. The SMILES string of the molecule is CC(Sc1nn[nH]n1)C1=C(C(=O)O)N2C(=O)C(NC(=O)CS(=O)C(F)(F)CF)[C@@H]2SC1. The minimum Gasteiger partial charge on any atom is -0.477 e. The van der Waals surface area contributed by atoms with Crippen LogP contribution >= 0.6 is 23.5 Å². The number of fused-ring (bicyclic) bond motifs is 1. The van der Waals surface area contributed by atoms with Gasteiger partial charge in [-0.2, -0.15) is 14.0 Å². The fourth-order valence-electron chi connectivity index (χ4n) is 2.89. The van der Waals surface area contributed by atoms with Gasteiger partial charge >= 0.3 is 11.2 Å². The standard InChI is InChI=1S/C14H15F3N6O5S3/c1-5(30-13-19-21-22-20-13)6-2-29-11-8(10(25)23(11)9(6)12(26)27)18-7(24)3-31(28)14(16,17)4-15/h5,8,11H,2-4H2,1H3,(H,18,24)(H,26,27)(H,19,20,21,22)/t5?,8?,11-,31?/m0/s1. The van der Waals surface area contributed by atoms with Crippen molar-refractivity contribution < 1.29 is 36.9 Å². The van der Waals surface area contributed by atoms with E-state index in [4.69, 9.17) is 0 Å². The van der Waals surface area contributed by atoms with Crippen LogP contribution in [0.15, 0.2) is 16.4 Å². The van der Waals surface area contributed by atoms with Crippen molar-refractivity contribution in [2.75, 3.05) is 18.2 Å². The minimum absolute atomic E-state index is 0.209. The average Bonchev–Trinajstić information content (AvgIpc) is 3.23. The molecule has 2 aliphatic heterocycles. The number of halogens is 3. The average molecular weight is 501 g/mol. The highest BCUT2D eigenvalue weighted by atomic mass is 32.2. The quantitative estimate of drug-likeness (QED) is 0.304. The Hall–Kier alpha value is -2.14. The number of aliphatic carboxylic acids is 1. The van der Waals surface area contributed by atoms with Gasteiger partial charge in [-0.15, -0.1) is 22.0 Å². The van der Waals surface area contributed by atoms with E-state index in [0.29, 0.717) is 5.57 Å². The molecule has 3 N–H and O–H groups in total. The first-order chi connectivity index (χ1) is 14.6. The van der Waals surface area contributed by atoms with Crippen LogP contribution in [0.2, 0.25) is 0 Å². The van der Waals surface area contributed by atoms with E-state index in [0.717, 1.165) is 16.7 Å². The summed E-state index contributed by atoms with van der Waals surface area (Å²) in [6.07, 6.45) is 0. The molecule has 170 valence electrons. The first-order valence-electron chi connectivity index (χ1n) is 8.49. The number of thioether (sulfide) groups is 2. The highest BCUT2D eigenvalue weighted by molar-refractivity contribution is 8.01. The number of β-lactam (4-membered cyclic amide) rings is 1. The number of H-pyrrole nitrogens is 1. The molecule has 0 aromatic carbocycles. The number of aromatic amines is 1. The highest BCUT2D eigenvalue weighted by Crippen LogP contribution is 2.43. The Kier molecular flexibility index (Phi) is 6.95. The van der Waals surface area contributed by atoms with Crippen molar-refractivity contribution in [3.8, 4) is 0 Å². The summed E-state index contributed by atoms with van der Waals surface area (Å²) in [4.78, 5) is 37.3. The van der Waals surface area contributed by atoms with Crippen molar-refractivity contribution in [3.05, 3.63) is 11.3 Å². The third-order valence-corrected chi connectivity index (χ3v) is 7.99. The van der Waals surface area contributed by atoms with Crippen LogP contribution in [-0.2, 0) is 25.2 Å². The molecule has 11 nitrogen and oxygen atoms in total. The molecular formula is C14H15F3N6O5S3. The molecule has 0 bridgehead atoms. The normalized spacial score (nSPS) is 23.1. The third kappa shape index (κ3) is 4.72. The van der Waals surface area contributed by atoms with Crippen molar-refractivity contribution in [1.82, 2.24) is 30.8 Å². The molecule has 1 saturated heterocycles. The van der Waals surface area contributed by atoms with Crippen LogP contribution < -0.4 is 5.32 Å². The van der Waals surface area contributed by atoms with Crippen molar-refractivity contribution >= 4 is 52.1 Å². The highest BCUT2D eigenvalue weighted by Gasteiger charge is 2.54. The number of rotatable bonds is 9. The number of nitrogens with one attached hydrogen (secondary N) is 2. The van der Waals surface area contributed by atoms with E-state index in [1.54, 1.807) is 6.92 Å². The molecule has 2 aliphatic rings. The number of amides is 2. The summed E-state index contributed by atoms with van der Waals surface area (Å²) in [7, 11) is -3.10. The topological polar surface area (TPSA) is 158 Å². The summed E-state index contributed by atoms with van der Waals surface area (Å²) in [5.74, 6) is -4.20. The Morgan fingerprint density at radius 2 is 2.23 bits per heavy atom. The van der Waals surface area contributed by atoms with E-state index in [-0.39, 0.29) is 16.6 Å². The largest absolute Gasteiger partial charge is 0.477 e. The predicted molar refractivity (Wildman–Crippen MR) is 103 cm³/mol. The van der Waals surface area contributed by atoms with Crippen LogP contribution in [0.3, 0.4) is 0 Å². The molecule has 0 radical (unpaired) electrons. The van der Waals surface area contributed by atoms with Gasteiger partial charge in [-0.1, -0.05) is 11.8 Å². The van der Waals surface area contributed by atoms with Crippen LogP contribution in [0, 0.1) is 0 Å².